The molecule has 2 heterocycles. The fourth-order valence-corrected chi connectivity index (χ4v) is 5.19. The standard InChI is InChI=1S/C31H29FN2O4/c1-6-36-30(35)29(38-31(3,4)5)25-17(2)13-19-14-20(16-33)23(32)15-22(19)27(25)21-7-8-24-26-18(10-12-37-24)9-11-34-28(21)26/h7-9,11,13-15,29H,6,10,12H2,1-5H3. The number of benzene rings is 3. The fraction of sp³-hybridized carbons (Fsp3) is 0.323. The molecule has 194 valence electrons. The van der Waals surface area contributed by atoms with Gasteiger partial charge in [0.2, 0.25) is 0 Å². The Bertz CT molecular complexity index is 1620. The highest BCUT2D eigenvalue weighted by Crippen LogP contribution is 2.45. The minimum absolute atomic E-state index is 0.0492. The molecule has 1 atom stereocenters. The van der Waals surface area contributed by atoms with E-state index in [1.807, 2.05) is 58.0 Å². The summed E-state index contributed by atoms with van der Waals surface area (Å²) in [5.74, 6) is -0.429. The van der Waals surface area contributed by atoms with E-state index in [-0.39, 0.29) is 12.2 Å². The zero-order chi connectivity index (χ0) is 27.2. The van der Waals surface area contributed by atoms with E-state index in [0.29, 0.717) is 34.0 Å². The van der Waals surface area contributed by atoms with Gasteiger partial charge >= 0.3 is 5.97 Å². The van der Waals surface area contributed by atoms with Gasteiger partial charge in [0, 0.05) is 29.1 Å². The second-order valence-electron chi connectivity index (χ2n) is 10.4. The molecule has 4 aromatic rings. The monoisotopic (exact) mass is 512 g/mol. The summed E-state index contributed by atoms with van der Waals surface area (Å²) in [7, 11) is 0. The molecule has 3 aromatic carbocycles. The Morgan fingerprint density at radius 3 is 2.74 bits per heavy atom. The first-order valence-corrected chi connectivity index (χ1v) is 12.7. The maximum atomic E-state index is 15.1. The van der Waals surface area contributed by atoms with Crippen LogP contribution in [0.5, 0.6) is 5.75 Å². The molecule has 7 heteroatoms. The first-order valence-electron chi connectivity index (χ1n) is 12.7. The van der Waals surface area contributed by atoms with Crippen LogP contribution in [0.2, 0.25) is 0 Å². The van der Waals surface area contributed by atoms with E-state index in [1.165, 1.54) is 12.1 Å². The van der Waals surface area contributed by atoms with Gasteiger partial charge in [-0.1, -0.05) is 6.07 Å². The van der Waals surface area contributed by atoms with Gasteiger partial charge in [-0.3, -0.25) is 4.98 Å². The van der Waals surface area contributed by atoms with E-state index in [2.05, 4.69) is 0 Å². The van der Waals surface area contributed by atoms with Gasteiger partial charge in [0.1, 0.15) is 17.6 Å². The van der Waals surface area contributed by atoms with Crippen molar-refractivity contribution in [1.29, 1.82) is 5.26 Å². The quantitative estimate of drug-likeness (QED) is 0.276. The number of halogens is 1. The van der Waals surface area contributed by atoms with Crippen LogP contribution in [0, 0.1) is 24.1 Å². The van der Waals surface area contributed by atoms with Gasteiger partial charge in [0.05, 0.1) is 29.9 Å². The number of pyridine rings is 1. The lowest BCUT2D eigenvalue weighted by molar-refractivity contribution is -0.166. The van der Waals surface area contributed by atoms with Crippen molar-refractivity contribution in [2.45, 2.75) is 52.7 Å². The Labute approximate surface area is 221 Å². The van der Waals surface area contributed by atoms with E-state index in [1.54, 1.807) is 13.1 Å². The molecule has 5 rings (SSSR count). The molecule has 0 N–H and O–H groups in total. The molecular weight excluding hydrogens is 483 g/mol. The minimum atomic E-state index is -1.07. The highest BCUT2D eigenvalue weighted by Gasteiger charge is 2.34. The van der Waals surface area contributed by atoms with Crippen molar-refractivity contribution >= 4 is 27.6 Å². The second kappa shape index (κ2) is 9.70. The molecule has 0 saturated heterocycles. The highest BCUT2D eigenvalue weighted by molar-refractivity contribution is 6.09. The summed E-state index contributed by atoms with van der Waals surface area (Å²) < 4.78 is 32.8. The molecule has 0 amide bonds. The van der Waals surface area contributed by atoms with Crippen molar-refractivity contribution < 1.29 is 23.4 Å². The lowest BCUT2D eigenvalue weighted by atomic mass is 9.85. The van der Waals surface area contributed by atoms with Crippen molar-refractivity contribution in [3.05, 3.63) is 70.7 Å². The Balaban J connectivity index is 1.93. The molecule has 0 radical (unpaired) electrons. The molecule has 0 spiro atoms. The van der Waals surface area contributed by atoms with Crippen LogP contribution < -0.4 is 4.74 Å². The number of ether oxygens (including phenoxy) is 3. The van der Waals surface area contributed by atoms with E-state index in [0.717, 1.165) is 34.2 Å². The van der Waals surface area contributed by atoms with Gasteiger partial charge in [0.15, 0.2) is 6.10 Å². The lowest BCUT2D eigenvalue weighted by Gasteiger charge is -2.30. The van der Waals surface area contributed by atoms with Crippen LogP contribution in [0.3, 0.4) is 0 Å². The molecule has 0 aliphatic carbocycles. The zero-order valence-electron chi connectivity index (χ0n) is 22.1. The number of aromatic nitrogens is 1. The normalized spacial score (nSPS) is 13.7. The molecule has 1 aliphatic rings. The summed E-state index contributed by atoms with van der Waals surface area (Å²) in [6.07, 6.45) is 1.43. The lowest BCUT2D eigenvalue weighted by Crippen LogP contribution is -2.29. The van der Waals surface area contributed by atoms with Crippen LogP contribution in [-0.2, 0) is 20.7 Å². The Morgan fingerprint density at radius 2 is 2.03 bits per heavy atom. The average Bonchev–Trinajstić information content (AvgIpc) is 2.87. The number of fused-ring (bicyclic) bond motifs is 1. The van der Waals surface area contributed by atoms with Gasteiger partial charge in [-0.2, -0.15) is 5.26 Å². The van der Waals surface area contributed by atoms with Crippen LogP contribution in [0.1, 0.15) is 56.1 Å². The maximum absolute atomic E-state index is 15.1. The number of hydrogen-bond donors (Lipinski definition) is 0. The number of nitriles is 1. The summed E-state index contributed by atoms with van der Waals surface area (Å²) in [4.78, 5) is 18.1. The van der Waals surface area contributed by atoms with Crippen LogP contribution in [-0.4, -0.2) is 29.8 Å². The zero-order valence-corrected chi connectivity index (χ0v) is 22.1. The van der Waals surface area contributed by atoms with Crippen molar-refractivity contribution in [2.75, 3.05) is 13.2 Å². The molecule has 0 saturated carbocycles. The maximum Gasteiger partial charge on any atom is 0.339 e. The number of esters is 1. The molecule has 1 unspecified atom stereocenters. The van der Waals surface area contributed by atoms with Gasteiger partial charge in [-0.15, -0.1) is 0 Å². The van der Waals surface area contributed by atoms with E-state index in [9.17, 15) is 10.1 Å². The molecule has 0 fully saturated rings. The predicted octanol–water partition coefficient (Wildman–Crippen LogP) is 6.73. The predicted molar refractivity (Wildman–Crippen MR) is 144 cm³/mol. The number of aryl methyl sites for hydroxylation is 1. The van der Waals surface area contributed by atoms with Gasteiger partial charge < -0.3 is 14.2 Å². The number of carbonyl (C=O) groups excluding carboxylic acids is 1. The molecule has 1 aliphatic heterocycles. The molecular formula is C31H29FN2O4. The van der Waals surface area contributed by atoms with Crippen molar-refractivity contribution in [1.82, 2.24) is 4.98 Å². The van der Waals surface area contributed by atoms with Crippen molar-refractivity contribution in [2.24, 2.45) is 0 Å². The topological polar surface area (TPSA) is 81.4 Å². The van der Waals surface area contributed by atoms with Gasteiger partial charge in [-0.25, -0.2) is 9.18 Å². The SMILES string of the molecule is CCOC(=O)C(OC(C)(C)C)c1c(C)cc2cc(C#N)c(F)cc2c1-c1ccc2c3c(ccnc13)CCO2. The van der Waals surface area contributed by atoms with Gasteiger partial charge in [0.25, 0.3) is 0 Å². The Hall–Kier alpha value is -4.02. The summed E-state index contributed by atoms with van der Waals surface area (Å²) >= 11 is 0. The summed E-state index contributed by atoms with van der Waals surface area (Å²) in [6.45, 7) is 10.0. The first kappa shape index (κ1) is 25.6. The molecule has 0 bridgehead atoms. The fourth-order valence-electron chi connectivity index (χ4n) is 5.19. The number of carbonyl (C=O) groups is 1. The van der Waals surface area contributed by atoms with Crippen LogP contribution >= 0.6 is 0 Å². The smallest absolute Gasteiger partial charge is 0.339 e. The number of hydrogen-bond acceptors (Lipinski definition) is 6. The summed E-state index contributed by atoms with van der Waals surface area (Å²) in [5, 5.41) is 11.6. The largest absolute Gasteiger partial charge is 0.493 e. The Morgan fingerprint density at radius 1 is 1.24 bits per heavy atom. The summed E-state index contributed by atoms with van der Waals surface area (Å²) in [6, 6.07) is 12.4. The highest BCUT2D eigenvalue weighted by atomic mass is 19.1. The number of nitrogens with zero attached hydrogens (tertiary/aromatic N) is 2. The second-order valence-corrected chi connectivity index (χ2v) is 10.4. The molecule has 1 aromatic heterocycles. The third-order valence-electron chi connectivity index (χ3n) is 6.67. The van der Waals surface area contributed by atoms with Gasteiger partial charge in [-0.05, 0) is 92.4 Å². The van der Waals surface area contributed by atoms with E-state index in [4.69, 9.17) is 19.2 Å². The van der Waals surface area contributed by atoms with E-state index >= 15 is 4.39 Å². The number of rotatable bonds is 5. The van der Waals surface area contributed by atoms with Crippen molar-refractivity contribution in [3.63, 3.8) is 0 Å². The molecule has 6 nitrogen and oxygen atoms in total. The van der Waals surface area contributed by atoms with Crippen LogP contribution in [0.25, 0.3) is 32.8 Å². The minimum Gasteiger partial charge on any atom is -0.493 e. The Kier molecular flexibility index (Phi) is 6.54. The van der Waals surface area contributed by atoms with Crippen LogP contribution in [0.15, 0.2) is 42.6 Å². The third kappa shape index (κ3) is 4.46. The third-order valence-corrected chi connectivity index (χ3v) is 6.67. The summed E-state index contributed by atoms with van der Waals surface area (Å²) in [5.41, 5.74) is 3.74. The molecule has 38 heavy (non-hydrogen) atoms. The van der Waals surface area contributed by atoms with Crippen molar-refractivity contribution in [3.8, 4) is 22.9 Å². The van der Waals surface area contributed by atoms with Crippen LogP contribution in [0.4, 0.5) is 4.39 Å². The first-order chi connectivity index (χ1) is 18.1. The van der Waals surface area contributed by atoms with E-state index < -0.39 is 23.5 Å². The average molecular weight is 513 g/mol.